The van der Waals surface area contributed by atoms with E-state index in [2.05, 4.69) is 16.0 Å². The second-order valence-electron chi connectivity index (χ2n) is 8.58. The maximum absolute atomic E-state index is 13.8. The van der Waals surface area contributed by atoms with Gasteiger partial charge >= 0.3 is 6.18 Å². The molecule has 0 spiro atoms. The van der Waals surface area contributed by atoms with Gasteiger partial charge in [-0.15, -0.1) is 0 Å². The van der Waals surface area contributed by atoms with E-state index < -0.39 is 18.2 Å². The fourth-order valence-electron chi connectivity index (χ4n) is 3.93. The van der Waals surface area contributed by atoms with Crippen LogP contribution in [0.2, 0.25) is 5.02 Å². The van der Waals surface area contributed by atoms with E-state index in [4.69, 9.17) is 16.3 Å². The van der Waals surface area contributed by atoms with Crippen LogP contribution in [0.5, 0.6) is 5.75 Å². The average Bonchev–Trinajstić information content (AvgIpc) is 2.87. The Kier molecular flexibility index (Phi) is 6.90. The van der Waals surface area contributed by atoms with Gasteiger partial charge in [-0.1, -0.05) is 48.0 Å². The number of hydrogen-bond donors (Lipinski definition) is 1. The van der Waals surface area contributed by atoms with E-state index in [1.54, 1.807) is 19.1 Å². The summed E-state index contributed by atoms with van der Waals surface area (Å²) in [6.07, 6.45) is -3.25. The van der Waals surface area contributed by atoms with Crippen LogP contribution >= 0.6 is 11.6 Å². The number of pyridine rings is 2. The molecule has 2 aromatic carbocycles. The lowest BCUT2D eigenvalue weighted by molar-refractivity contribution is -0.195. The van der Waals surface area contributed by atoms with Crippen LogP contribution in [0.3, 0.4) is 0 Å². The highest BCUT2D eigenvalue weighted by molar-refractivity contribution is 6.31. The molecule has 4 aromatic rings. The number of rotatable bonds is 6. The van der Waals surface area contributed by atoms with E-state index in [0.717, 1.165) is 12.5 Å². The van der Waals surface area contributed by atoms with Gasteiger partial charge in [-0.2, -0.15) is 18.4 Å². The molecule has 184 valence electrons. The third-order valence-electron chi connectivity index (χ3n) is 6.15. The van der Waals surface area contributed by atoms with E-state index in [1.807, 2.05) is 30.3 Å². The van der Waals surface area contributed by atoms with Crippen LogP contribution in [-0.4, -0.2) is 27.9 Å². The molecule has 0 saturated carbocycles. The zero-order valence-corrected chi connectivity index (χ0v) is 20.2. The standard InChI is InChI=1S/C27H21ClF3N3O2/c1-16-10-19(26(2,15-35)27(29,30)31)20(28)11-18(16)22-12-24(36-14-17-6-4-3-5-7-17)25-21(34-22)8-9-33-23(25)13-32/h3-12,35H,14-15H2,1-2H3/t26-/m1/s1. The number of aromatic nitrogens is 2. The summed E-state index contributed by atoms with van der Waals surface area (Å²) >= 11 is 6.34. The van der Waals surface area contributed by atoms with Crippen molar-refractivity contribution >= 4 is 22.5 Å². The summed E-state index contributed by atoms with van der Waals surface area (Å²) in [6.45, 7) is 1.63. The fourth-order valence-corrected chi connectivity index (χ4v) is 4.30. The van der Waals surface area contributed by atoms with E-state index in [9.17, 15) is 23.5 Å². The van der Waals surface area contributed by atoms with Gasteiger partial charge in [0.05, 0.1) is 23.2 Å². The van der Waals surface area contributed by atoms with Crippen molar-refractivity contribution in [2.24, 2.45) is 0 Å². The number of alkyl halides is 3. The molecule has 9 heteroatoms. The van der Waals surface area contributed by atoms with Crippen molar-refractivity contribution in [2.75, 3.05) is 6.61 Å². The lowest BCUT2D eigenvalue weighted by Gasteiger charge is -2.32. The van der Waals surface area contributed by atoms with Gasteiger partial charge in [0.15, 0.2) is 5.69 Å². The molecule has 0 aliphatic carbocycles. The smallest absolute Gasteiger partial charge is 0.400 e. The zero-order chi connectivity index (χ0) is 26.1. The number of aliphatic hydroxyl groups excluding tert-OH is 1. The van der Waals surface area contributed by atoms with Gasteiger partial charge < -0.3 is 9.84 Å². The number of halogens is 4. The molecule has 1 N–H and O–H groups in total. The van der Waals surface area contributed by atoms with Crippen LogP contribution in [0.15, 0.2) is 60.8 Å². The Labute approximate surface area is 210 Å². The number of ether oxygens (including phenoxy) is 1. The summed E-state index contributed by atoms with van der Waals surface area (Å²) in [5.74, 6) is 0.360. The molecule has 4 rings (SSSR count). The average molecular weight is 512 g/mol. The number of nitriles is 1. The molecule has 5 nitrogen and oxygen atoms in total. The van der Waals surface area contributed by atoms with E-state index >= 15 is 0 Å². The van der Waals surface area contributed by atoms with Crippen LogP contribution in [0.25, 0.3) is 22.2 Å². The molecule has 2 heterocycles. The monoisotopic (exact) mass is 511 g/mol. The Morgan fingerprint density at radius 1 is 1.11 bits per heavy atom. The third kappa shape index (κ3) is 4.60. The topological polar surface area (TPSA) is 79.0 Å². The van der Waals surface area contributed by atoms with E-state index in [1.165, 1.54) is 18.3 Å². The van der Waals surface area contributed by atoms with Crippen LogP contribution in [-0.2, 0) is 12.0 Å². The predicted molar refractivity (Wildman–Crippen MR) is 131 cm³/mol. The number of fused-ring (bicyclic) bond motifs is 1. The number of benzene rings is 2. The van der Waals surface area contributed by atoms with Crippen molar-refractivity contribution in [1.29, 1.82) is 5.26 Å². The van der Waals surface area contributed by atoms with Crippen molar-refractivity contribution < 1.29 is 23.0 Å². The largest absolute Gasteiger partial charge is 0.488 e. The van der Waals surface area contributed by atoms with Crippen LogP contribution in [0.4, 0.5) is 13.2 Å². The second-order valence-corrected chi connectivity index (χ2v) is 8.99. The highest BCUT2D eigenvalue weighted by Crippen LogP contribution is 2.45. The van der Waals surface area contributed by atoms with Crippen molar-refractivity contribution in [3.63, 3.8) is 0 Å². The summed E-state index contributed by atoms with van der Waals surface area (Å²) in [6, 6.07) is 17.5. The lowest BCUT2D eigenvalue weighted by atomic mass is 9.81. The Balaban J connectivity index is 1.86. The molecule has 0 saturated heterocycles. The predicted octanol–water partition coefficient (Wildman–Crippen LogP) is 6.52. The second kappa shape index (κ2) is 9.76. The van der Waals surface area contributed by atoms with Crippen molar-refractivity contribution in [1.82, 2.24) is 9.97 Å². The fraction of sp³-hybridized carbons (Fsp3) is 0.222. The first-order valence-electron chi connectivity index (χ1n) is 10.9. The summed E-state index contributed by atoms with van der Waals surface area (Å²) < 4.78 is 47.4. The summed E-state index contributed by atoms with van der Waals surface area (Å²) in [7, 11) is 0. The van der Waals surface area contributed by atoms with Crippen molar-refractivity contribution in [2.45, 2.75) is 32.0 Å². The number of hydrogen-bond acceptors (Lipinski definition) is 5. The molecule has 0 fully saturated rings. The van der Waals surface area contributed by atoms with Crippen LogP contribution < -0.4 is 4.74 Å². The number of aliphatic hydroxyl groups is 1. The third-order valence-corrected chi connectivity index (χ3v) is 6.47. The molecule has 0 amide bonds. The minimum Gasteiger partial charge on any atom is -0.488 e. The van der Waals surface area contributed by atoms with Gasteiger partial charge in [-0.05, 0) is 42.7 Å². The quantitative estimate of drug-likeness (QED) is 0.319. The highest BCUT2D eigenvalue weighted by atomic mass is 35.5. The summed E-state index contributed by atoms with van der Waals surface area (Å²) in [5, 5.41) is 19.5. The first-order chi connectivity index (χ1) is 17.1. The Hall–Kier alpha value is -3.67. The van der Waals surface area contributed by atoms with Crippen molar-refractivity contribution in [3.8, 4) is 23.1 Å². The maximum atomic E-state index is 13.8. The van der Waals surface area contributed by atoms with Gasteiger partial charge in [0.2, 0.25) is 0 Å². The Morgan fingerprint density at radius 2 is 1.83 bits per heavy atom. The summed E-state index contributed by atoms with van der Waals surface area (Å²) in [5.41, 5.74) is 0.122. The maximum Gasteiger partial charge on any atom is 0.400 e. The lowest BCUT2D eigenvalue weighted by Crippen LogP contribution is -2.43. The molecule has 0 bridgehead atoms. The molecule has 0 unspecified atom stereocenters. The molecule has 0 aliphatic heterocycles. The SMILES string of the molecule is Cc1cc([C@@](C)(CO)C(F)(F)F)c(Cl)cc1-c1cc(OCc2ccccc2)c2c(C#N)nccc2n1. The minimum absolute atomic E-state index is 0.142. The van der Waals surface area contributed by atoms with E-state index in [0.29, 0.717) is 33.5 Å². The van der Waals surface area contributed by atoms with Gasteiger partial charge in [0, 0.05) is 22.8 Å². The molecule has 0 aliphatic rings. The number of aryl methyl sites for hydroxylation is 1. The van der Waals surface area contributed by atoms with Gasteiger partial charge in [-0.3, -0.25) is 0 Å². The molecule has 1 atom stereocenters. The molecular weight excluding hydrogens is 491 g/mol. The summed E-state index contributed by atoms with van der Waals surface area (Å²) in [4.78, 5) is 8.74. The Bertz CT molecular complexity index is 1470. The minimum atomic E-state index is -4.71. The van der Waals surface area contributed by atoms with E-state index in [-0.39, 0.29) is 22.9 Å². The molecule has 2 aromatic heterocycles. The van der Waals surface area contributed by atoms with Crippen LogP contribution in [0, 0.1) is 18.3 Å². The molecule has 0 radical (unpaired) electrons. The van der Waals surface area contributed by atoms with Gasteiger partial charge in [0.1, 0.15) is 23.8 Å². The number of nitrogens with zero attached hydrogens (tertiary/aromatic N) is 3. The van der Waals surface area contributed by atoms with Crippen LogP contribution in [0.1, 0.15) is 29.3 Å². The molecular formula is C27H21ClF3N3O2. The normalized spacial score (nSPS) is 13.3. The Morgan fingerprint density at radius 3 is 2.47 bits per heavy atom. The van der Waals surface area contributed by atoms with Gasteiger partial charge in [0.25, 0.3) is 0 Å². The first kappa shape index (κ1) is 25.4. The zero-order valence-electron chi connectivity index (χ0n) is 19.4. The van der Waals surface area contributed by atoms with Crippen molar-refractivity contribution in [3.05, 3.63) is 88.2 Å². The van der Waals surface area contributed by atoms with Gasteiger partial charge in [-0.25, -0.2) is 9.97 Å². The first-order valence-corrected chi connectivity index (χ1v) is 11.3. The molecule has 36 heavy (non-hydrogen) atoms. The highest BCUT2D eigenvalue weighted by Gasteiger charge is 2.53.